The van der Waals surface area contributed by atoms with Crippen molar-refractivity contribution in [2.24, 2.45) is 0 Å². The summed E-state index contributed by atoms with van der Waals surface area (Å²) in [6.45, 7) is 8.15. The zero-order chi connectivity index (χ0) is 12.1. The highest BCUT2D eigenvalue weighted by atomic mass is 16.3. The van der Waals surface area contributed by atoms with Crippen molar-refractivity contribution in [2.45, 2.75) is 52.2 Å². The second kappa shape index (κ2) is 6.09. The lowest BCUT2D eigenvalue weighted by Gasteiger charge is -2.31. The molecule has 2 atom stereocenters. The highest BCUT2D eigenvalue weighted by molar-refractivity contribution is 5.75. The Morgan fingerprint density at radius 3 is 2.62 bits per heavy atom. The van der Waals surface area contributed by atoms with Gasteiger partial charge in [-0.25, -0.2) is 4.79 Å². The van der Waals surface area contributed by atoms with Gasteiger partial charge in [0.1, 0.15) is 0 Å². The van der Waals surface area contributed by atoms with E-state index in [1.54, 1.807) is 6.92 Å². The van der Waals surface area contributed by atoms with E-state index < -0.39 is 0 Å². The van der Waals surface area contributed by atoms with Crippen molar-refractivity contribution in [2.75, 3.05) is 19.6 Å². The summed E-state index contributed by atoms with van der Waals surface area (Å²) in [5.41, 5.74) is 0. The number of carbonyl (C=O) groups is 1. The van der Waals surface area contributed by atoms with Crippen LogP contribution in [0.1, 0.15) is 40.0 Å². The third-order valence-electron chi connectivity index (χ3n) is 3.27. The van der Waals surface area contributed by atoms with E-state index in [0.717, 1.165) is 32.5 Å². The van der Waals surface area contributed by atoms with E-state index in [-0.39, 0.29) is 18.2 Å². The number of aliphatic hydroxyl groups excluding tert-OH is 1. The summed E-state index contributed by atoms with van der Waals surface area (Å²) in [7, 11) is 0. The topological polar surface area (TPSA) is 43.8 Å². The zero-order valence-corrected chi connectivity index (χ0v) is 10.6. The first-order valence-corrected chi connectivity index (χ1v) is 6.33. The van der Waals surface area contributed by atoms with Gasteiger partial charge >= 0.3 is 6.03 Å². The van der Waals surface area contributed by atoms with Crippen molar-refractivity contribution >= 4 is 6.03 Å². The van der Waals surface area contributed by atoms with E-state index in [2.05, 4.69) is 0 Å². The molecule has 2 unspecified atom stereocenters. The maximum absolute atomic E-state index is 12.2. The molecule has 1 fully saturated rings. The fraction of sp³-hybridized carbons (Fsp3) is 0.917. The van der Waals surface area contributed by atoms with Crippen LogP contribution in [-0.4, -0.2) is 52.7 Å². The minimum absolute atomic E-state index is 0.133. The number of nitrogens with zero attached hydrogens (tertiary/aromatic N) is 2. The number of hydrogen-bond acceptors (Lipinski definition) is 2. The lowest BCUT2D eigenvalue weighted by molar-refractivity contribution is 0.121. The number of rotatable bonds is 4. The monoisotopic (exact) mass is 228 g/mol. The first-order chi connectivity index (χ1) is 7.60. The van der Waals surface area contributed by atoms with Crippen LogP contribution in [0, 0.1) is 0 Å². The summed E-state index contributed by atoms with van der Waals surface area (Å²) in [6, 6.07) is 0.362. The first-order valence-electron chi connectivity index (χ1n) is 6.33. The molecule has 4 heteroatoms. The molecule has 4 nitrogen and oxygen atoms in total. The van der Waals surface area contributed by atoms with Gasteiger partial charge in [-0.1, -0.05) is 0 Å². The van der Waals surface area contributed by atoms with Crippen LogP contribution in [0.15, 0.2) is 0 Å². The summed E-state index contributed by atoms with van der Waals surface area (Å²) >= 11 is 0. The molecule has 0 aromatic heterocycles. The normalized spacial score (nSPS) is 22.2. The van der Waals surface area contributed by atoms with Crippen molar-refractivity contribution in [1.29, 1.82) is 0 Å². The smallest absolute Gasteiger partial charge is 0.320 e. The van der Waals surface area contributed by atoms with Gasteiger partial charge in [0.25, 0.3) is 0 Å². The number of amides is 2. The Labute approximate surface area is 98.2 Å². The number of hydrogen-bond donors (Lipinski definition) is 1. The molecule has 0 bridgehead atoms. The fourth-order valence-electron chi connectivity index (χ4n) is 2.40. The lowest BCUT2D eigenvalue weighted by Crippen LogP contribution is -2.46. The summed E-state index contributed by atoms with van der Waals surface area (Å²) < 4.78 is 0. The maximum Gasteiger partial charge on any atom is 0.320 e. The Hall–Kier alpha value is -0.770. The van der Waals surface area contributed by atoms with Gasteiger partial charge in [-0.15, -0.1) is 0 Å². The Morgan fingerprint density at radius 2 is 2.12 bits per heavy atom. The Balaban J connectivity index is 2.59. The molecule has 1 aliphatic rings. The largest absolute Gasteiger partial charge is 0.393 e. The number of urea groups is 1. The maximum atomic E-state index is 12.2. The van der Waals surface area contributed by atoms with E-state index in [1.165, 1.54) is 0 Å². The number of carbonyl (C=O) groups excluding carboxylic acids is 1. The van der Waals surface area contributed by atoms with Crippen molar-refractivity contribution in [3.8, 4) is 0 Å². The lowest BCUT2D eigenvalue weighted by atomic mass is 10.1. The molecule has 0 aliphatic carbocycles. The summed E-state index contributed by atoms with van der Waals surface area (Å²) in [5, 5.41) is 9.41. The molecule has 0 saturated carbocycles. The summed E-state index contributed by atoms with van der Waals surface area (Å²) in [5.74, 6) is 0. The molecule has 1 N–H and O–H groups in total. The molecule has 2 amide bonds. The molecular weight excluding hydrogens is 204 g/mol. The second-order valence-electron chi connectivity index (χ2n) is 4.53. The Morgan fingerprint density at radius 1 is 1.50 bits per heavy atom. The molecule has 0 aromatic carbocycles. The summed E-state index contributed by atoms with van der Waals surface area (Å²) in [6.07, 6.45) is 2.46. The van der Waals surface area contributed by atoms with Crippen molar-refractivity contribution in [1.82, 2.24) is 9.80 Å². The van der Waals surface area contributed by atoms with E-state index in [4.69, 9.17) is 0 Å². The molecular formula is C12H24N2O2. The molecule has 1 aliphatic heterocycles. The second-order valence-corrected chi connectivity index (χ2v) is 4.53. The molecule has 0 radical (unpaired) electrons. The Kier molecular flexibility index (Phi) is 5.06. The SMILES string of the molecule is CCN(CC)C(=O)N1CCCC1CC(C)O. The molecule has 94 valence electrons. The highest BCUT2D eigenvalue weighted by Gasteiger charge is 2.31. The van der Waals surface area contributed by atoms with Gasteiger partial charge in [-0.3, -0.25) is 0 Å². The third-order valence-corrected chi connectivity index (χ3v) is 3.27. The van der Waals surface area contributed by atoms with E-state index in [9.17, 15) is 9.90 Å². The van der Waals surface area contributed by atoms with Crippen molar-refractivity contribution in [3.05, 3.63) is 0 Å². The van der Waals surface area contributed by atoms with Crippen LogP contribution in [0.25, 0.3) is 0 Å². The van der Waals surface area contributed by atoms with Gasteiger partial charge in [0, 0.05) is 25.7 Å². The average Bonchev–Trinajstić information content (AvgIpc) is 2.66. The molecule has 16 heavy (non-hydrogen) atoms. The van der Waals surface area contributed by atoms with Gasteiger partial charge < -0.3 is 14.9 Å². The van der Waals surface area contributed by atoms with Gasteiger partial charge in [-0.2, -0.15) is 0 Å². The van der Waals surface area contributed by atoms with Crippen LogP contribution in [0.4, 0.5) is 4.79 Å². The Bertz CT molecular complexity index is 227. The quantitative estimate of drug-likeness (QED) is 0.795. The molecule has 1 rings (SSSR count). The highest BCUT2D eigenvalue weighted by Crippen LogP contribution is 2.22. The minimum atomic E-state index is -0.324. The van der Waals surface area contributed by atoms with Crippen LogP contribution in [0.3, 0.4) is 0 Å². The van der Waals surface area contributed by atoms with Crippen LogP contribution in [-0.2, 0) is 0 Å². The third kappa shape index (κ3) is 3.11. The predicted octanol–water partition coefficient (Wildman–Crippen LogP) is 1.68. The van der Waals surface area contributed by atoms with E-state index in [1.807, 2.05) is 23.6 Å². The predicted molar refractivity (Wildman–Crippen MR) is 64.3 cm³/mol. The van der Waals surface area contributed by atoms with E-state index in [0.29, 0.717) is 6.42 Å². The standard InChI is InChI=1S/C12H24N2O2/c1-4-13(5-2)12(16)14-8-6-7-11(14)9-10(3)15/h10-11,15H,4-9H2,1-3H3. The molecule has 0 aromatic rings. The van der Waals surface area contributed by atoms with Gasteiger partial charge in [0.15, 0.2) is 0 Å². The van der Waals surface area contributed by atoms with Crippen LogP contribution < -0.4 is 0 Å². The minimum Gasteiger partial charge on any atom is -0.393 e. The number of aliphatic hydroxyl groups is 1. The van der Waals surface area contributed by atoms with Crippen LogP contribution >= 0.6 is 0 Å². The molecule has 1 saturated heterocycles. The van der Waals surface area contributed by atoms with Gasteiger partial charge in [-0.05, 0) is 40.0 Å². The fourth-order valence-corrected chi connectivity index (χ4v) is 2.40. The zero-order valence-electron chi connectivity index (χ0n) is 10.6. The summed E-state index contributed by atoms with van der Waals surface area (Å²) in [4.78, 5) is 15.9. The molecule has 0 spiro atoms. The van der Waals surface area contributed by atoms with E-state index >= 15 is 0 Å². The average molecular weight is 228 g/mol. The van der Waals surface area contributed by atoms with Gasteiger partial charge in [0.05, 0.1) is 6.10 Å². The van der Waals surface area contributed by atoms with Crippen molar-refractivity contribution in [3.63, 3.8) is 0 Å². The number of likely N-dealkylation sites (tertiary alicyclic amines) is 1. The van der Waals surface area contributed by atoms with Crippen LogP contribution in [0.5, 0.6) is 0 Å². The van der Waals surface area contributed by atoms with Gasteiger partial charge in [0.2, 0.25) is 0 Å². The van der Waals surface area contributed by atoms with Crippen LogP contribution in [0.2, 0.25) is 0 Å². The first kappa shape index (κ1) is 13.3. The molecule has 1 heterocycles. The van der Waals surface area contributed by atoms with Crippen molar-refractivity contribution < 1.29 is 9.90 Å².